The highest BCUT2D eigenvalue weighted by Gasteiger charge is 2.40. The average molecular weight is 681 g/mol. The molecule has 1 saturated carbocycles. The third kappa shape index (κ3) is 7.88. The minimum atomic E-state index is -4.83. The van der Waals surface area contributed by atoms with Gasteiger partial charge in [-0.2, -0.15) is 13.2 Å². The molecule has 0 radical (unpaired) electrons. The molecule has 0 aliphatic heterocycles. The van der Waals surface area contributed by atoms with Gasteiger partial charge < -0.3 is 9.52 Å². The lowest BCUT2D eigenvalue weighted by Crippen LogP contribution is -2.44. The molecule has 0 bridgehead atoms. The van der Waals surface area contributed by atoms with Gasteiger partial charge >= 0.3 is 12.1 Å². The molecule has 2 N–H and O–H groups in total. The maximum absolute atomic E-state index is 15.8. The maximum atomic E-state index is 15.8. The zero-order valence-electron chi connectivity index (χ0n) is 24.8. The minimum absolute atomic E-state index is 0.0218. The number of aliphatic carboxylic acids is 1. The van der Waals surface area contributed by atoms with Crippen molar-refractivity contribution in [3.05, 3.63) is 35.1 Å². The quantitative estimate of drug-likeness (QED) is 0.149. The number of hydrogen-bond donors (Lipinski definition) is 2. The Bertz CT molecular complexity index is 1630. The van der Waals surface area contributed by atoms with E-state index < -0.39 is 62.4 Å². The fourth-order valence-electron chi connectivity index (χ4n) is 5.24. The normalized spacial score (nSPS) is 17.0. The summed E-state index contributed by atoms with van der Waals surface area (Å²) in [6.45, 7) is 4.15. The standard InChI is InChI=1S/C29H34F6N4O4S2/c1-5-19(29(33,34)35)39-45(4,42)18-12-11-16(21(22(18)30)24(31)32)23-17(13-15-9-7-6-8-10-15)36-26(44-23)25-38-37-20(43-25)14-28(2,3)27(40)41/h11-12,15,19,24H,4-10,13-14H2,1-3H3,(H,39,42)(H,40,41)/t19-,45?/m0/s1. The monoisotopic (exact) mass is 680 g/mol. The van der Waals surface area contributed by atoms with Crippen molar-refractivity contribution in [3.8, 4) is 21.3 Å². The van der Waals surface area contributed by atoms with Crippen LogP contribution in [-0.2, 0) is 27.3 Å². The number of nitrogens with zero attached hydrogens (tertiary/aromatic N) is 3. The lowest BCUT2D eigenvalue weighted by molar-refractivity contribution is -0.151. The summed E-state index contributed by atoms with van der Waals surface area (Å²) in [6.07, 6.45) is -3.73. The predicted molar refractivity (Wildman–Crippen MR) is 158 cm³/mol. The highest BCUT2D eigenvalue weighted by Crippen LogP contribution is 2.43. The van der Waals surface area contributed by atoms with Gasteiger partial charge in [0.05, 0.1) is 36.2 Å². The van der Waals surface area contributed by atoms with E-state index in [-0.39, 0.29) is 39.6 Å². The van der Waals surface area contributed by atoms with Gasteiger partial charge in [-0.3, -0.25) is 4.79 Å². The number of hydrogen-bond acceptors (Lipinski definition) is 7. The number of aromatic nitrogens is 3. The number of carbonyl (C=O) groups is 1. The van der Waals surface area contributed by atoms with Crippen molar-refractivity contribution in [3.63, 3.8) is 0 Å². The highest BCUT2D eigenvalue weighted by molar-refractivity contribution is 7.98. The van der Waals surface area contributed by atoms with Gasteiger partial charge in [0.15, 0.2) is 5.01 Å². The van der Waals surface area contributed by atoms with Crippen LogP contribution in [0.15, 0.2) is 21.4 Å². The molecule has 1 aliphatic carbocycles. The molecule has 2 heterocycles. The van der Waals surface area contributed by atoms with Crippen molar-refractivity contribution >= 4 is 32.9 Å². The van der Waals surface area contributed by atoms with Gasteiger partial charge in [0, 0.05) is 12.0 Å². The van der Waals surface area contributed by atoms with Crippen LogP contribution in [0.1, 0.15) is 82.9 Å². The van der Waals surface area contributed by atoms with Gasteiger partial charge in [0.1, 0.15) is 11.9 Å². The van der Waals surface area contributed by atoms with Crippen molar-refractivity contribution in [2.45, 2.75) is 95.7 Å². The van der Waals surface area contributed by atoms with Crippen molar-refractivity contribution in [2.24, 2.45) is 11.3 Å². The Hall–Kier alpha value is -2.98. The number of carboxylic acids is 1. The van der Waals surface area contributed by atoms with Gasteiger partial charge in [-0.15, -0.1) is 21.5 Å². The van der Waals surface area contributed by atoms with Crippen LogP contribution in [-0.4, -0.2) is 48.6 Å². The molecule has 2 atom stereocenters. The van der Waals surface area contributed by atoms with Crippen LogP contribution in [0.4, 0.5) is 26.3 Å². The molecule has 45 heavy (non-hydrogen) atoms. The second-order valence-corrected chi connectivity index (χ2v) is 14.8. The number of thiazole rings is 1. The summed E-state index contributed by atoms with van der Waals surface area (Å²) >= 11 is 0.888. The maximum Gasteiger partial charge on any atom is 0.404 e. The molecule has 1 aliphatic rings. The van der Waals surface area contributed by atoms with Gasteiger partial charge in [-0.05, 0) is 44.5 Å². The largest absolute Gasteiger partial charge is 0.481 e. The van der Waals surface area contributed by atoms with Crippen LogP contribution in [0.3, 0.4) is 0 Å². The second-order valence-electron chi connectivity index (χ2n) is 11.8. The van der Waals surface area contributed by atoms with E-state index in [1.807, 2.05) is 4.72 Å². The Kier molecular flexibility index (Phi) is 10.4. The summed E-state index contributed by atoms with van der Waals surface area (Å²) in [4.78, 5) is 15.4. The number of alkyl halides is 5. The zero-order valence-corrected chi connectivity index (χ0v) is 26.5. The van der Waals surface area contributed by atoms with E-state index in [0.717, 1.165) is 55.6 Å². The second kappa shape index (κ2) is 13.4. The molecule has 0 amide bonds. The third-order valence-electron chi connectivity index (χ3n) is 7.82. The molecule has 1 fully saturated rings. The first kappa shape index (κ1) is 34.9. The van der Waals surface area contributed by atoms with Crippen LogP contribution in [0, 0.1) is 17.2 Å². The number of rotatable bonds is 12. The van der Waals surface area contributed by atoms with Crippen LogP contribution in [0.2, 0.25) is 0 Å². The molecule has 0 spiro atoms. The Morgan fingerprint density at radius 1 is 1.20 bits per heavy atom. The first-order valence-corrected chi connectivity index (χ1v) is 16.9. The average Bonchev–Trinajstić information content (AvgIpc) is 3.57. The smallest absolute Gasteiger partial charge is 0.404 e. The van der Waals surface area contributed by atoms with E-state index in [9.17, 15) is 36.1 Å². The Morgan fingerprint density at radius 3 is 2.44 bits per heavy atom. The van der Waals surface area contributed by atoms with Crippen LogP contribution >= 0.6 is 11.3 Å². The lowest BCUT2D eigenvalue weighted by atomic mass is 9.85. The van der Waals surface area contributed by atoms with E-state index in [4.69, 9.17) is 4.42 Å². The molecule has 248 valence electrons. The highest BCUT2D eigenvalue weighted by atomic mass is 32.2. The molecule has 8 nitrogen and oxygen atoms in total. The number of carboxylic acid groups (broad SMARTS) is 1. The molecule has 3 aromatic rings. The Balaban J connectivity index is 1.81. The van der Waals surface area contributed by atoms with E-state index in [1.54, 1.807) is 0 Å². The topological polar surface area (TPSA) is 118 Å². The Labute approximate surface area is 260 Å². The fraction of sp³-hybridized carbons (Fsp3) is 0.552. The number of nitrogens with one attached hydrogen (secondary N) is 1. The minimum Gasteiger partial charge on any atom is -0.481 e. The van der Waals surface area contributed by atoms with E-state index in [2.05, 4.69) is 21.1 Å². The van der Waals surface area contributed by atoms with Gasteiger partial charge in [-0.25, -0.2) is 27.1 Å². The number of halogens is 6. The summed E-state index contributed by atoms with van der Waals surface area (Å²) in [5, 5.41) is 17.5. The third-order valence-corrected chi connectivity index (χ3v) is 10.6. The molecule has 16 heteroatoms. The van der Waals surface area contributed by atoms with Crippen LogP contribution in [0.5, 0.6) is 0 Å². The van der Waals surface area contributed by atoms with E-state index >= 15 is 4.39 Å². The van der Waals surface area contributed by atoms with Gasteiger partial charge in [-0.1, -0.05) is 45.1 Å². The van der Waals surface area contributed by atoms with Crippen molar-refractivity contribution in [1.29, 1.82) is 0 Å². The van der Waals surface area contributed by atoms with Crippen LogP contribution < -0.4 is 4.72 Å². The van der Waals surface area contributed by atoms with E-state index in [0.29, 0.717) is 12.1 Å². The van der Waals surface area contributed by atoms with Crippen molar-refractivity contribution in [2.75, 3.05) is 0 Å². The molecule has 4 rings (SSSR count). The first-order chi connectivity index (χ1) is 20.9. The summed E-state index contributed by atoms with van der Waals surface area (Å²) < 4.78 is 106. The molecular weight excluding hydrogens is 646 g/mol. The molecular formula is C29H34F6N4O4S2. The summed E-state index contributed by atoms with van der Waals surface area (Å²) in [6, 6.07) is -0.301. The molecule has 1 unspecified atom stereocenters. The zero-order chi connectivity index (χ0) is 33.3. The molecule has 1 aromatic carbocycles. The number of benzene rings is 1. The van der Waals surface area contributed by atoms with Gasteiger partial charge in [0.25, 0.3) is 12.3 Å². The first-order valence-electron chi connectivity index (χ1n) is 14.3. The van der Waals surface area contributed by atoms with Gasteiger partial charge in [0.2, 0.25) is 5.89 Å². The Morgan fingerprint density at radius 2 is 1.87 bits per heavy atom. The van der Waals surface area contributed by atoms with E-state index in [1.165, 1.54) is 20.8 Å². The molecule has 0 saturated heterocycles. The predicted octanol–water partition coefficient (Wildman–Crippen LogP) is 7.63. The van der Waals surface area contributed by atoms with Crippen molar-refractivity contribution in [1.82, 2.24) is 19.9 Å². The van der Waals surface area contributed by atoms with Crippen molar-refractivity contribution < 1.29 is 44.9 Å². The fourth-order valence-corrected chi connectivity index (χ4v) is 7.86. The van der Waals surface area contributed by atoms with Crippen LogP contribution in [0.25, 0.3) is 21.3 Å². The summed E-state index contributed by atoms with van der Waals surface area (Å²) in [5.74, 6) is 0.658. The summed E-state index contributed by atoms with van der Waals surface area (Å²) in [5.41, 5.74) is -2.24. The lowest BCUT2D eigenvalue weighted by Gasteiger charge is -2.24. The SMILES string of the molecule is C=S(=O)(N[C@@H](CC)C(F)(F)F)c1ccc(-c2sc(-c3nnc(CC(C)(C)C(=O)O)o3)nc2CC2CCCCC2)c(C(F)F)c1F. The summed E-state index contributed by atoms with van der Waals surface area (Å²) in [7, 11) is -4.20. The molecule has 2 aromatic heterocycles.